The molecule has 0 bridgehead atoms. The van der Waals surface area contributed by atoms with E-state index in [0.717, 1.165) is 33.8 Å². The number of carbonyl (C=O) groups is 1. The lowest BCUT2D eigenvalue weighted by molar-refractivity contribution is -0.129. The fraction of sp³-hybridized carbons (Fsp3) is 0.154. The highest BCUT2D eigenvalue weighted by molar-refractivity contribution is 6.12. The molecule has 0 fully saturated rings. The quantitative estimate of drug-likeness (QED) is 0.307. The average molecular weight is 413 g/mol. The van der Waals surface area contributed by atoms with Gasteiger partial charge in [0.1, 0.15) is 24.7 Å². The minimum absolute atomic E-state index is 0.274. The Morgan fingerprint density at radius 1 is 0.871 bits per heavy atom. The Balaban J connectivity index is 1.34. The molecule has 0 spiro atoms. The topological polar surface area (TPSA) is 57.1 Å². The number of hydrogen-bond donors (Lipinski definition) is 0. The van der Waals surface area contributed by atoms with Crippen molar-refractivity contribution < 1.29 is 19.0 Å². The first-order chi connectivity index (χ1) is 15.1. The second-order valence-electron chi connectivity index (χ2n) is 7.23. The van der Waals surface area contributed by atoms with E-state index < -0.39 is 5.97 Å². The SMILES string of the molecule is Cc1ccc(C2=NC(=Cc3ccc(OCCOc4ccccc4C)cc3)C(=O)O2)cc1. The summed E-state index contributed by atoms with van der Waals surface area (Å²) in [6.45, 7) is 4.91. The van der Waals surface area contributed by atoms with Crippen molar-refractivity contribution in [3.63, 3.8) is 0 Å². The summed E-state index contributed by atoms with van der Waals surface area (Å²) in [6.07, 6.45) is 1.70. The lowest BCUT2D eigenvalue weighted by atomic mass is 10.1. The molecule has 3 aromatic carbocycles. The van der Waals surface area contributed by atoms with Gasteiger partial charge in [0, 0.05) is 5.56 Å². The average Bonchev–Trinajstić information content (AvgIpc) is 3.14. The number of cyclic esters (lactones) is 1. The molecule has 3 aromatic rings. The molecular formula is C26H23NO4. The molecule has 0 aromatic heterocycles. The third-order valence-electron chi connectivity index (χ3n) is 4.81. The van der Waals surface area contributed by atoms with E-state index in [0.29, 0.717) is 19.1 Å². The van der Waals surface area contributed by atoms with Crippen molar-refractivity contribution in [2.24, 2.45) is 4.99 Å². The Morgan fingerprint density at radius 3 is 2.32 bits per heavy atom. The van der Waals surface area contributed by atoms with E-state index in [4.69, 9.17) is 14.2 Å². The van der Waals surface area contributed by atoms with E-state index in [1.165, 1.54) is 0 Å². The lowest BCUT2D eigenvalue weighted by Crippen LogP contribution is -2.09. The van der Waals surface area contributed by atoms with E-state index in [-0.39, 0.29) is 5.70 Å². The lowest BCUT2D eigenvalue weighted by Gasteiger charge is -2.10. The van der Waals surface area contributed by atoms with Crippen LogP contribution in [0.3, 0.4) is 0 Å². The molecule has 0 aliphatic carbocycles. The molecule has 1 heterocycles. The Morgan fingerprint density at radius 2 is 1.58 bits per heavy atom. The van der Waals surface area contributed by atoms with Crippen LogP contribution in [0.2, 0.25) is 0 Å². The molecule has 0 saturated heterocycles. The zero-order valence-corrected chi connectivity index (χ0v) is 17.5. The standard InChI is InChI=1S/C26H23NO4/c1-18-7-11-21(12-8-18)25-27-23(26(28)31-25)17-20-9-13-22(14-10-20)29-15-16-30-24-6-4-3-5-19(24)2/h3-14,17H,15-16H2,1-2H3. The second-order valence-corrected chi connectivity index (χ2v) is 7.23. The summed E-state index contributed by atoms with van der Waals surface area (Å²) >= 11 is 0. The number of rotatable bonds is 7. The van der Waals surface area contributed by atoms with Crippen LogP contribution in [-0.4, -0.2) is 25.1 Å². The number of aliphatic imine (C=N–C) groups is 1. The Kier molecular flexibility index (Phi) is 6.13. The smallest absolute Gasteiger partial charge is 0.363 e. The van der Waals surface area contributed by atoms with Crippen molar-refractivity contribution >= 4 is 17.9 Å². The minimum atomic E-state index is -0.454. The first kappa shape index (κ1) is 20.4. The summed E-state index contributed by atoms with van der Waals surface area (Å²) in [6, 6.07) is 23.0. The number of nitrogens with zero attached hydrogens (tertiary/aromatic N) is 1. The normalized spacial score (nSPS) is 14.3. The minimum Gasteiger partial charge on any atom is -0.490 e. The van der Waals surface area contributed by atoms with E-state index in [1.807, 2.05) is 86.6 Å². The number of hydrogen-bond acceptors (Lipinski definition) is 5. The van der Waals surface area contributed by atoms with Crippen molar-refractivity contribution in [1.82, 2.24) is 0 Å². The van der Waals surface area contributed by atoms with Crippen LogP contribution < -0.4 is 9.47 Å². The summed E-state index contributed by atoms with van der Waals surface area (Å²) in [5.41, 5.74) is 4.12. The van der Waals surface area contributed by atoms with E-state index in [2.05, 4.69) is 4.99 Å². The fourth-order valence-electron chi connectivity index (χ4n) is 3.08. The number of esters is 1. The van der Waals surface area contributed by atoms with Gasteiger partial charge in [-0.15, -0.1) is 0 Å². The van der Waals surface area contributed by atoms with Crippen LogP contribution in [0, 0.1) is 13.8 Å². The van der Waals surface area contributed by atoms with Gasteiger partial charge in [0.25, 0.3) is 0 Å². The molecule has 0 atom stereocenters. The number of benzene rings is 3. The van der Waals surface area contributed by atoms with Crippen molar-refractivity contribution in [3.8, 4) is 11.5 Å². The highest BCUT2D eigenvalue weighted by Gasteiger charge is 2.23. The highest BCUT2D eigenvalue weighted by Crippen LogP contribution is 2.21. The number of carbonyl (C=O) groups excluding carboxylic acids is 1. The van der Waals surface area contributed by atoms with E-state index in [1.54, 1.807) is 6.08 Å². The molecule has 0 N–H and O–H groups in total. The summed E-state index contributed by atoms with van der Waals surface area (Å²) in [5.74, 6) is 1.46. The molecule has 5 heteroatoms. The molecule has 5 nitrogen and oxygen atoms in total. The van der Waals surface area contributed by atoms with Crippen LogP contribution in [0.15, 0.2) is 83.5 Å². The number of para-hydroxylation sites is 1. The van der Waals surface area contributed by atoms with Gasteiger partial charge in [-0.3, -0.25) is 0 Å². The van der Waals surface area contributed by atoms with Gasteiger partial charge in [-0.1, -0.05) is 48.0 Å². The third-order valence-corrected chi connectivity index (χ3v) is 4.81. The summed E-state index contributed by atoms with van der Waals surface area (Å²) < 4.78 is 16.8. The fourth-order valence-corrected chi connectivity index (χ4v) is 3.08. The molecule has 31 heavy (non-hydrogen) atoms. The predicted molar refractivity (Wildman–Crippen MR) is 120 cm³/mol. The van der Waals surface area contributed by atoms with Gasteiger partial charge in [0.05, 0.1) is 0 Å². The van der Waals surface area contributed by atoms with Crippen LogP contribution in [0.4, 0.5) is 0 Å². The third kappa shape index (κ3) is 5.20. The Hall–Kier alpha value is -3.86. The van der Waals surface area contributed by atoms with Crippen LogP contribution in [0.25, 0.3) is 6.08 Å². The Labute approximate surface area is 181 Å². The van der Waals surface area contributed by atoms with Crippen LogP contribution in [0.1, 0.15) is 22.3 Å². The molecule has 0 unspecified atom stereocenters. The van der Waals surface area contributed by atoms with Gasteiger partial charge in [0.2, 0.25) is 5.90 Å². The first-order valence-corrected chi connectivity index (χ1v) is 10.1. The summed E-state index contributed by atoms with van der Waals surface area (Å²) in [5, 5.41) is 0. The first-order valence-electron chi connectivity index (χ1n) is 10.1. The maximum absolute atomic E-state index is 12.2. The van der Waals surface area contributed by atoms with Gasteiger partial charge in [-0.05, 0) is 61.4 Å². The predicted octanol–water partition coefficient (Wildman–Crippen LogP) is 5.11. The molecule has 4 rings (SSSR count). The second kappa shape index (κ2) is 9.30. The number of aryl methyl sites for hydroxylation is 2. The van der Waals surface area contributed by atoms with Gasteiger partial charge >= 0.3 is 5.97 Å². The van der Waals surface area contributed by atoms with Gasteiger partial charge in [0.15, 0.2) is 5.70 Å². The Bertz CT molecular complexity index is 1130. The van der Waals surface area contributed by atoms with Gasteiger partial charge in [-0.2, -0.15) is 0 Å². The van der Waals surface area contributed by atoms with Crippen molar-refractivity contribution in [2.75, 3.05) is 13.2 Å². The zero-order chi connectivity index (χ0) is 21.6. The largest absolute Gasteiger partial charge is 0.490 e. The van der Waals surface area contributed by atoms with Crippen molar-refractivity contribution in [3.05, 3.63) is 101 Å². The maximum atomic E-state index is 12.2. The van der Waals surface area contributed by atoms with Crippen LogP contribution in [-0.2, 0) is 9.53 Å². The van der Waals surface area contributed by atoms with Gasteiger partial charge < -0.3 is 14.2 Å². The monoisotopic (exact) mass is 413 g/mol. The van der Waals surface area contributed by atoms with Crippen LogP contribution >= 0.6 is 0 Å². The van der Waals surface area contributed by atoms with E-state index >= 15 is 0 Å². The van der Waals surface area contributed by atoms with Crippen molar-refractivity contribution in [2.45, 2.75) is 13.8 Å². The zero-order valence-electron chi connectivity index (χ0n) is 17.5. The molecule has 0 amide bonds. The molecule has 1 aliphatic rings. The molecule has 1 aliphatic heterocycles. The number of ether oxygens (including phenoxy) is 3. The molecule has 0 radical (unpaired) electrons. The molecule has 0 saturated carbocycles. The van der Waals surface area contributed by atoms with Crippen molar-refractivity contribution in [1.29, 1.82) is 0 Å². The molecular weight excluding hydrogens is 390 g/mol. The van der Waals surface area contributed by atoms with Gasteiger partial charge in [-0.25, -0.2) is 9.79 Å². The highest BCUT2D eigenvalue weighted by atomic mass is 16.6. The molecule has 156 valence electrons. The maximum Gasteiger partial charge on any atom is 0.363 e. The summed E-state index contributed by atoms with van der Waals surface area (Å²) in [7, 11) is 0. The van der Waals surface area contributed by atoms with Crippen LogP contribution in [0.5, 0.6) is 11.5 Å². The summed E-state index contributed by atoms with van der Waals surface area (Å²) in [4.78, 5) is 16.5. The van der Waals surface area contributed by atoms with E-state index in [9.17, 15) is 4.79 Å².